The summed E-state index contributed by atoms with van der Waals surface area (Å²) in [5.74, 6) is 2.38. The number of amides is 1. The molecule has 0 spiro atoms. The number of rotatable bonds is 5. The molecule has 1 fully saturated rings. The van der Waals surface area contributed by atoms with Crippen LogP contribution >= 0.6 is 0 Å². The maximum absolute atomic E-state index is 11.5. The molecule has 0 unspecified atom stereocenters. The zero-order valence-electron chi connectivity index (χ0n) is 14.8. The second kappa shape index (κ2) is 9.15. The van der Waals surface area contributed by atoms with Crippen molar-refractivity contribution in [1.29, 1.82) is 0 Å². The number of para-hydroxylation sites is 1. The third-order valence-electron chi connectivity index (χ3n) is 4.51. The Morgan fingerprint density at radius 2 is 2.04 bits per heavy atom. The second-order valence-corrected chi connectivity index (χ2v) is 6.02. The molecular weight excluding hydrogens is 304 g/mol. The molecule has 1 aliphatic rings. The number of nitrogens with zero attached hydrogens (tertiary/aromatic N) is 2. The van der Waals surface area contributed by atoms with Crippen LogP contribution in [0.15, 0.2) is 29.3 Å². The van der Waals surface area contributed by atoms with E-state index in [1.54, 1.807) is 21.2 Å². The van der Waals surface area contributed by atoms with Crippen LogP contribution in [-0.2, 0) is 11.3 Å². The van der Waals surface area contributed by atoms with Gasteiger partial charge in [0.1, 0.15) is 5.75 Å². The van der Waals surface area contributed by atoms with Crippen molar-refractivity contribution >= 4 is 11.9 Å². The molecule has 132 valence electrons. The summed E-state index contributed by atoms with van der Waals surface area (Å²) in [6.45, 7) is 2.52. The Bertz CT molecular complexity index is 566. The SMILES string of the molecule is CN=C(NCc1ccccc1OC)N1CCC(CC(=O)NC)CC1. The first-order valence-corrected chi connectivity index (χ1v) is 8.46. The van der Waals surface area contributed by atoms with Crippen LogP contribution in [0.4, 0.5) is 0 Å². The van der Waals surface area contributed by atoms with E-state index in [4.69, 9.17) is 4.74 Å². The van der Waals surface area contributed by atoms with Crippen LogP contribution in [0.3, 0.4) is 0 Å². The fraction of sp³-hybridized carbons (Fsp3) is 0.556. The Morgan fingerprint density at radius 1 is 1.33 bits per heavy atom. The van der Waals surface area contributed by atoms with Gasteiger partial charge in [-0.2, -0.15) is 0 Å². The molecule has 24 heavy (non-hydrogen) atoms. The highest BCUT2D eigenvalue weighted by atomic mass is 16.5. The summed E-state index contributed by atoms with van der Waals surface area (Å²) in [6.07, 6.45) is 2.66. The summed E-state index contributed by atoms with van der Waals surface area (Å²) < 4.78 is 5.39. The number of carbonyl (C=O) groups is 1. The van der Waals surface area contributed by atoms with E-state index in [0.717, 1.165) is 43.2 Å². The molecule has 2 rings (SSSR count). The Balaban J connectivity index is 1.86. The van der Waals surface area contributed by atoms with E-state index in [1.165, 1.54) is 0 Å². The summed E-state index contributed by atoms with van der Waals surface area (Å²) in [4.78, 5) is 18.2. The predicted octanol–water partition coefficient (Wildman–Crippen LogP) is 1.62. The van der Waals surface area contributed by atoms with Crippen LogP contribution in [0.25, 0.3) is 0 Å². The minimum Gasteiger partial charge on any atom is -0.496 e. The van der Waals surface area contributed by atoms with Gasteiger partial charge >= 0.3 is 0 Å². The van der Waals surface area contributed by atoms with Crippen LogP contribution < -0.4 is 15.4 Å². The summed E-state index contributed by atoms with van der Waals surface area (Å²) in [5, 5.41) is 6.12. The normalized spacial score (nSPS) is 16.0. The van der Waals surface area contributed by atoms with Gasteiger partial charge in [0.15, 0.2) is 5.96 Å². The first-order chi connectivity index (χ1) is 11.7. The molecule has 1 heterocycles. The number of aliphatic imine (C=N–C) groups is 1. The number of nitrogens with one attached hydrogen (secondary N) is 2. The van der Waals surface area contributed by atoms with Crippen LogP contribution in [0.5, 0.6) is 5.75 Å². The summed E-state index contributed by atoms with van der Waals surface area (Å²) >= 11 is 0. The molecule has 1 aromatic rings. The molecule has 6 nitrogen and oxygen atoms in total. The lowest BCUT2D eigenvalue weighted by atomic mass is 9.93. The number of hydrogen-bond donors (Lipinski definition) is 2. The van der Waals surface area contributed by atoms with Gasteiger partial charge in [0.2, 0.25) is 5.91 Å². The standard InChI is InChI=1S/C18H28N4O2/c1-19-17(23)12-14-8-10-22(11-9-14)18(20-2)21-13-15-6-4-5-7-16(15)24-3/h4-7,14H,8-13H2,1-3H3,(H,19,23)(H,20,21). The average molecular weight is 332 g/mol. The molecule has 1 saturated heterocycles. The van der Waals surface area contributed by atoms with Crippen molar-refractivity contribution in [1.82, 2.24) is 15.5 Å². The summed E-state index contributed by atoms with van der Waals surface area (Å²) in [6, 6.07) is 7.99. The largest absolute Gasteiger partial charge is 0.496 e. The van der Waals surface area contributed by atoms with Crippen LogP contribution in [0.1, 0.15) is 24.8 Å². The Labute approximate surface area is 144 Å². The lowest BCUT2D eigenvalue weighted by molar-refractivity contribution is -0.121. The molecule has 1 aromatic carbocycles. The van der Waals surface area contributed by atoms with E-state index in [-0.39, 0.29) is 5.91 Å². The summed E-state index contributed by atoms with van der Waals surface area (Å²) in [5.41, 5.74) is 1.11. The zero-order chi connectivity index (χ0) is 17.4. The van der Waals surface area contributed by atoms with Gasteiger partial charge < -0.3 is 20.3 Å². The summed E-state index contributed by atoms with van der Waals surface area (Å²) in [7, 11) is 5.19. The third-order valence-corrected chi connectivity index (χ3v) is 4.51. The number of likely N-dealkylation sites (tertiary alicyclic amines) is 1. The topological polar surface area (TPSA) is 66.0 Å². The first-order valence-electron chi connectivity index (χ1n) is 8.46. The van der Waals surface area contributed by atoms with Crippen molar-refractivity contribution in [3.63, 3.8) is 0 Å². The average Bonchev–Trinajstić information content (AvgIpc) is 2.63. The number of carbonyl (C=O) groups excluding carboxylic acids is 1. The van der Waals surface area contributed by atoms with Gasteiger partial charge in [-0.1, -0.05) is 18.2 Å². The van der Waals surface area contributed by atoms with Gasteiger partial charge in [-0.3, -0.25) is 9.79 Å². The molecule has 0 aromatic heterocycles. The van der Waals surface area contributed by atoms with Crippen LogP contribution in [0.2, 0.25) is 0 Å². The van der Waals surface area contributed by atoms with E-state index in [1.807, 2.05) is 18.2 Å². The molecular formula is C18H28N4O2. The van der Waals surface area contributed by atoms with E-state index in [9.17, 15) is 4.79 Å². The Hall–Kier alpha value is -2.24. The number of ether oxygens (including phenoxy) is 1. The van der Waals surface area contributed by atoms with E-state index in [0.29, 0.717) is 18.9 Å². The number of piperidine rings is 1. The third kappa shape index (κ3) is 4.88. The number of methoxy groups -OCH3 is 1. The molecule has 1 amide bonds. The number of guanidine groups is 1. The smallest absolute Gasteiger partial charge is 0.220 e. The van der Waals surface area contributed by atoms with E-state index >= 15 is 0 Å². The lowest BCUT2D eigenvalue weighted by Crippen LogP contribution is -2.45. The minimum absolute atomic E-state index is 0.132. The minimum atomic E-state index is 0.132. The molecule has 0 bridgehead atoms. The van der Waals surface area contributed by atoms with E-state index in [2.05, 4.69) is 26.6 Å². The quantitative estimate of drug-likeness (QED) is 0.635. The molecule has 0 radical (unpaired) electrons. The highest BCUT2D eigenvalue weighted by Gasteiger charge is 2.23. The molecule has 0 saturated carbocycles. The van der Waals surface area contributed by atoms with Gasteiger partial charge in [0.25, 0.3) is 0 Å². The second-order valence-electron chi connectivity index (χ2n) is 6.02. The van der Waals surface area contributed by atoms with Crippen molar-refractivity contribution < 1.29 is 9.53 Å². The van der Waals surface area contributed by atoms with Gasteiger partial charge in [0, 0.05) is 45.7 Å². The Kier molecular flexibility index (Phi) is 6.90. The van der Waals surface area contributed by atoms with Gasteiger partial charge in [-0.05, 0) is 24.8 Å². The Morgan fingerprint density at radius 3 is 2.67 bits per heavy atom. The van der Waals surface area contributed by atoms with Gasteiger partial charge in [0.05, 0.1) is 7.11 Å². The van der Waals surface area contributed by atoms with Crippen LogP contribution in [0, 0.1) is 5.92 Å². The highest BCUT2D eigenvalue weighted by Crippen LogP contribution is 2.21. The molecule has 1 aliphatic heterocycles. The fourth-order valence-corrected chi connectivity index (χ4v) is 3.07. The van der Waals surface area contributed by atoms with Crippen molar-refractivity contribution in [3.05, 3.63) is 29.8 Å². The van der Waals surface area contributed by atoms with Gasteiger partial charge in [-0.15, -0.1) is 0 Å². The van der Waals surface area contributed by atoms with Crippen molar-refractivity contribution in [2.24, 2.45) is 10.9 Å². The molecule has 0 atom stereocenters. The fourth-order valence-electron chi connectivity index (χ4n) is 3.07. The predicted molar refractivity (Wildman–Crippen MR) is 96.2 cm³/mol. The number of benzene rings is 1. The zero-order valence-corrected chi connectivity index (χ0v) is 14.8. The van der Waals surface area contributed by atoms with Crippen LogP contribution in [-0.4, -0.2) is 51.1 Å². The lowest BCUT2D eigenvalue weighted by Gasteiger charge is -2.34. The maximum atomic E-state index is 11.5. The molecule has 6 heteroatoms. The van der Waals surface area contributed by atoms with Gasteiger partial charge in [-0.25, -0.2) is 0 Å². The van der Waals surface area contributed by atoms with Crippen molar-refractivity contribution in [2.75, 3.05) is 34.3 Å². The maximum Gasteiger partial charge on any atom is 0.220 e. The highest BCUT2D eigenvalue weighted by molar-refractivity contribution is 5.80. The van der Waals surface area contributed by atoms with Crippen molar-refractivity contribution in [2.45, 2.75) is 25.8 Å². The number of hydrogen-bond acceptors (Lipinski definition) is 3. The molecule has 0 aliphatic carbocycles. The first kappa shape index (κ1) is 18.1. The van der Waals surface area contributed by atoms with Crippen molar-refractivity contribution in [3.8, 4) is 5.75 Å². The monoisotopic (exact) mass is 332 g/mol. The van der Waals surface area contributed by atoms with E-state index < -0.39 is 0 Å². The molecule has 2 N–H and O–H groups in total.